The van der Waals surface area contributed by atoms with Crippen LogP contribution in [0.5, 0.6) is 0 Å². The molecule has 2 aliphatic heterocycles. The monoisotopic (exact) mass is 376 g/mol. The second-order valence-electron chi connectivity index (χ2n) is 8.19. The van der Waals surface area contributed by atoms with Crippen LogP contribution in [-0.4, -0.2) is 51.6 Å². The van der Waals surface area contributed by atoms with Crippen LogP contribution in [0.1, 0.15) is 24.3 Å². The van der Waals surface area contributed by atoms with Gasteiger partial charge in [0.2, 0.25) is 11.8 Å². The van der Waals surface area contributed by atoms with Crippen LogP contribution in [0, 0.1) is 0 Å². The predicted molar refractivity (Wildman–Crippen MR) is 103 cm³/mol. The number of benzene rings is 1. The second kappa shape index (κ2) is 7.90. The van der Waals surface area contributed by atoms with Crippen LogP contribution >= 0.6 is 0 Å². The van der Waals surface area contributed by atoms with E-state index in [0.29, 0.717) is 32.9 Å². The fourth-order valence-corrected chi connectivity index (χ4v) is 3.82. The maximum absolute atomic E-state index is 12.8. The first-order valence-electron chi connectivity index (χ1n) is 9.20. The second-order valence-corrected chi connectivity index (χ2v) is 13.8. The van der Waals surface area contributed by atoms with Crippen molar-refractivity contribution in [2.24, 2.45) is 0 Å². The van der Waals surface area contributed by atoms with E-state index in [1.807, 2.05) is 24.3 Å². The number of carbonyl (C=O) groups is 2. The zero-order valence-electron chi connectivity index (χ0n) is 15.9. The molecule has 0 bridgehead atoms. The molecular formula is C19H28N2O4Si. The molecule has 1 unspecified atom stereocenters. The third-order valence-electron chi connectivity index (χ3n) is 4.88. The maximum atomic E-state index is 12.8. The van der Waals surface area contributed by atoms with Crippen molar-refractivity contribution in [3.05, 3.63) is 29.8 Å². The molecule has 0 saturated carbocycles. The quantitative estimate of drug-likeness (QED) is 0.416. The summed E-state index contributed by atoms with van der Waals surface area (Å²) >= 11 is 0. The lowest BCUT2D eigenvalue weighted by Gasteiger charge is -2.33. The molecule has 2 fully saturated rings. The molecule has 3 rings (SSSR count). The highest BCUT2D eigenvalue weighted by molar-refractivity contribution is 6.76. The van der Waals surface area contributed by atoms with Crippen LogP contribution < -0.4 is 4.90 Å². The van der Waals surface area contributed by atoms with Gasteiger partial charge < -0.3 is 14.4 Å². The van der Waals surface area contributed by atoms with Crippen molar-refractivity contribution in [2.45, 2.75) is 44.4 Å². The molecule has 2 aliphatic rings. The van der Waals surface area contributed by atoms with E-state index >= 15 is 0 Å². The third kappa shape index (κ3) is 4.52. The fraction of sp³-hybridized carbons (Fsp3) is 0.579. The number of nitrogens with zero attached hydrogens (tertiary/aromatic N) is 2. The molecule has 0 aromatic heterocycles. The van der Waals surface area contributed by atoms with Crippen molar-refractivity contribution in [3.8, 4) is 0 Å². The van der Waals surface area contributed by atoms with Crippen molar-refractivity contribution in [3.63, 3.8) is 0 Å². The van der Waals surface area contributed by atoms with E-state index in [2.05, 4.69) is 24.5 Å². The third-order valence-corrected chi connectivity index (χ3v) is 6.59. The van der Waals surface area contributed by atoms with Gasteiger partial charge in [-0.25, -0.2) is 0 Å². The summed E-state index contributed by atoms with van der Waals surface area (Å²) in [6.45, 7) is 8.72. The van der Waals surface area contributed by atoms with Gasteiger partial charge in [-0.15, -0.1) is 0 Å². The minimum absolute atomic E-state index is 0.0713. The van der Waals surface area contributed by atoms with Crippen molar-refractivity contribution in [1.82, 2.24) is 4.90 Å². The van der Waals surface area contributed by atoms with E-state index in [1.54, 1.807) is 0 Å². The Morgan fingerprint density at radius 1 is 1.15 bits per heavy atom. The van der Waals surface area contributed by atoms with Crippen LogP contribution in [0.25, 0.3) is 0 Å². The lowest BCUT2D eigenvalue weighted by molar-refractivity contribution is -0.155. The highest BCUT2D eigenvalue weighted by Gasteiger charge is 2.35. The number of amides is 2. The summed E-state index contributed by atoms with van der Waals surface area (Å²) in [7, 11) is -1.18. The van der Waals surface area contributed by atoms with Gasteiger partial charge in [0.1, 0.15) is 20.2 Å². The lowest BCUT2D eigenvalue weighted by Crippen LogP contribution is -2.45. The van der Waals surface area contributed by atoms with Gasteiger partial charge in [-0.1, -0.05) is 31.8 Å². The molecule has 1 aromatic carbocycles. The number of hydrogen-bond donors (Lipinski definition) is 0. The van der Waals surface area contributed by atoms with E-state index in [4.69, 9.17) is 9.47 Å². The van der Waals surface area contributed by atoms with Crippen LogP contribution in [0.2, 0.25) is 25.7 Å². The molecule has 0 spiro atoms. The summed E-state index contributed by atoms with van der Waals surface area (Å²) in [6, 6.07) is 9.01. The minimum Gasteiger partial charge on any atom is -0.361 e. The van der Waals surface area contributed by atoms with Crippen molar-refractivity contribution in [1.29, 1.82) is 0 Å². The Balaban J connectivity index is 1.60. The molecule has 26 heavy (non-hydrogen) atoms. The van der Waals surface area contributed by atoms with Crippen molar-refractivity contribution in [2.75, 3.05) is 31.7 Å². The number of piperidine rings is 1. The maximum Gasteiger partial charge on any atom is 0.238 e. The number of likely N-dealkylation sites (tertiary alicyclic amines) is 1. The Morgan fingerprint density at radius 3 is 2.42 bits per heavy atom. The van der Waals surface area contributed by atoms with Crippen LogP contribution in [0.4, 0.5) is 5.69 Å². The first kappa shape index (κ1) is 19.1. The highest BCUT2D eigenvalue weighted by atomic mass is 28.3. The number of ether oxygens (including phenoxy) is 2. The Hall–Kier alpha value is -1.70. The van der Waals surface area contributed by atoms with Crippen LogP contribution in [0.15, 0.2) is 24.3 Å². The zero-order chi connectivity index (χ0) is 18.7. The van der Waals surface area contributed by atoms with E-state index < -0.39 is 8.07 Å². The fourth-order valence-electron chi connectivity index (χ4n) is 3.07. The van der Waals surface area contributed by atoms with Crippen molar-refractivity contribution >= 4 is 25.6 Å². The molecule has 7 heteroatoms. The Kier molecular flexibility index (Phi) is 5.79. The smallest absolute Gasteiger partial charge is 0.238 e. The van der Waals surface area contributed by atoms with Gasteiger partial charge in [0.15, 0.2) is 0 Å². The minimum atomic E-state index is -1.18. The van der Waals surface area contributed by atoms with Gasteiger partial charge in [-0.2, -0.15) is 0 Å². The van der Waals surface area contributed by atoms with E-state index in [1.165, 1.54) is 4.90 Å². The normalized spacial score (nSPS) is 21.1. The summed E-state index contributed by atoms with van der Waals surface area (Å²) in [6.07, 6.45) is 0.949. The molecular weight excluding hydrogens is 348 g/mol. The molecule has 1 aromatic rings. The largest absolute Gasteiger partial charge is 0.361 e. The first-order valence-corrected chi connectivity index (χ1v) is 12.9. The van der Waals surface area contributed by atoms with E-state index in [0.717, 1.165) is 17.3 Å². The summed E-state index contributed by atoms with van der Waals surface area (Å²) in [4.78, 5) is 28.4. The Morgan fingerprint density at radius 2 is 1.85 bits per heavy atom. The standard InChI is InChI=1S/C19H28N2O4Si/c1-26(2,3)11-10-24-14-21-18(22)9-8-17(19(21)23)15-4-6-16(7-5-15)20-12-25-13-20/h4-7,17H,8-14H2,1-3H3. The van der Waals surface area contributed by atoms with Gasteiger partial charge in [0, 0.05) is 26.8 Å². The molecule has 0 N–H and O–H groups in total. The molecule has 0 radical (unpaired) electrons. The average Bonchev–Trinajstić information content (AvgIpc) is 2.52. The number of anilines is 1. The average molecular weight is 377 g/mol. The lowest BCUT2D eigenvalue weighted by atomic mass is 9.89. The molecule has 0 aliphatic carbocycles. The summed E-state index contributed by atoms with van der Waals surface area (Å²) < 4.78 is 10.8. The molecule has 2 saturated heterocycles. The van der Waals surface area contributed by atoms with Gasteiger partial charge >= 0.3 is 0 Å². The van der Waals surface area contributed by atoms with Crippen molar-refractivity contribution < 1.29 is 19.1 Å². The summed E-state index contributed by atoms with van der Waals surface area (Å²) in [5, 5.41) is 0. The highest BCUT2D eigenvalue weighted by Crippen LogP contribution is 2.30. The first-order chi connectivity index (χ1) is 12.3. The number of hydrogen-bond acceptors (Lipinski definition) is 5. The molecule has 1 atom stereocenters. The number of carbonyl (C=O) groups excluding carboxylic acids is 2. The summed E-state index contributed by atoms with van der Waals surface area (Å²) in [5.74, 6) is -0.544. The van der Waals surface area contributed by atoms with Gasteiger partial charge in [-0.05, 0) is 30.2 Å². The zero-order valence-corrected chi connectivity index (χ0v) is 16.9. The molecule has 2 amide bonds. The van der Waals surface area contributed by atoms with Crippen LogP contribution in [0.3, 0.4) is 0 Å². The predicted octanol–water partition coefficient (Wildman–Crippen LogP) is 2.98. The van der Waals surface area contributed by atoms with E-state index in [-0.39, 0.29) is 24.5 Å². The number of imide groups is 1. The van der Waals surface area contributed by atoms with Gasteiger partial charge in [0.25, 0.3) is 0 Å². The number of rotatable bonds is 7. The molecule has 6 nitrogen and oxygen atoms in total. The van der Waals surface area contributed by atoms with Gasteiger partial charge in [-0.3, -0.25) is 14.5 Å². The van der Waals surface area contributed by atoms with E-state index in [9.17, 15) is 9.59 Å². The molecule has 142 valence electrons. The summed E-state index contributed by atoms with van der Waals surface area (Å²) in [5.41, 5.74) is 2.05. The molecule has 2 heterocycles. The van der Waals surface area contributed by atoms with Gasteiger partial charge in [0.05, 0.1) is 5.92 Å². The topological polar surface area (TPSA) is 59.1 Å². The Labute approximate surface area is 156 Å². The van der Waals surface area contributed by atoms with Crippen LogP contribution in [-0.2, 0) is 19.1 Å². The Bertz CT molecular complexity index is 652. The SMILES string of the molecule is C[Si](C)(C)CCOCN1C(=O)CCC(c2ccc(N3COC3)cc2)C1=O.